The maximum absolute atomic E-state index is 5.50. The van der Waals surface area contributed by atoms with Crippen molar-refractivity contribution in [1.29, 1.82) is 0 Å². The first-order valence-electron chi connectivity index (χ1n) is 6.42. The molecule has 1 heterocycles. The molecule has 0 aliphatic heterocycles. The second-order valence-corrected chi connectivity index (χ2v) is 5.80. The van der Waals surface area contributed by atoms with Gasteiger partial charge in [0.15, 0.2) is 0 Å². The number of benzene rings is 1. The van der Waals surface area contributed by atoms with Crippen LogP contribution in [0.4, 0.5) is 5.69 Å². The van der Waals surface area contributed by atoms with Crippen molar-refractivity contribution in [2.75, 3.05) is 11.9 Å². The first-order valence-corrected chi connectivity index (χ1v) is 7.22. The van der Waals surface area contributed by atoms with E-state index >= 15 is 0 Å². The van der Waals surface area contributed by atoms with E-state index in [2.05, 4.69) is 50.5 Å². The fraction of sp³-hybridized carbons (Fsp3) is 0.286. The highest BCUT2D eigenvalue weighted by Crippen LogP contribution is 2.23. The molecule has 5 nitrogen and oxygen atoms in total. The highest BCUT2D eigenvalue weighted by atomic mass is 79.9. The zero-order chi connectivity index (χ0) is 14.5. The van der Waals surface area contributed by atoms with Gasteiger partial charge in [0.1, 0.15) is 0 Å². The van der Waals surface area contributed by atoms with Gasteiger partial charge in [-0.2, -0.15) is 0 Å². The van der Waals surface area contributed by atoms with E-state index < -0.39 is 0 Å². The van der Waals surface area contributed by atoms with E-state index in [1.165, 1.54) is 0 Å². The molecular formula is C14H18BrN5. The quantitative estimate of drug-likeness (QED) is 0.349. The lowest BCUT2D eigenvalue weighted by atomic mass is 10.2. The molecule has 1 aromatic heterocycles. The summed E-state index contributed by atoms with van der Waals surface area (Å²) in [5.41, 5.74) is 4.33. The number of guanidine groups is 1. The number of hydrazine groups is 1. The van der Waals surface area contributed by atoms with Crippen molar-refractivity contribution in [3.05, 3.63) is 34.9 Å². The minimum atomic E-state index is 0.474. The highest BCUT2D eigenvalue weighted by Gasteiger charge is 2.05. The molecule has 0 amide bonds. The van der Waals surface area contributed by atoms with Crippen LogP contribution >= 0.6 is 15.9 Å². The van der Waals surface area contributed by atoms with Crippen LogP contribution in [0.2, 0.25) is 0 Å². The highest BCUT2D eigenvalue weighted by molar-refractivity contribution is 9.10. The number of anilines is 1. The van der Waals surface area contributed by atoms with Crippen molar-refractivity contribution in [3.8, 4) is 0 Å². The predicted molar refractivity (Wildman–Crippen MR) is 87.5 cm³/mol. The van der Waals surface area contributed by atoms with Gasteiger partial charge in [-0.05, 0) is 34.0 Å². The number of pyridine rings is 1. The van der Waals surface area contributed by atoms with Crippen molar-refractivity contribution < 1.29 is 0 Å². The minimum absolute atomic E-state index is 0.474. The fourth-order valence-corrected chi connectivity index (χ4v) is 2.11. The van der Waals surface area contributed by atoms with Gasteiger partial charge in [0, 0.05) is 22.6 Å². The van der Waals surface area contributed by atoms with Crippen LogP contribution in [0.5, 0.6) is 0 Å². The molecular weight excluding hydrogens is 318 g/mol. The Morgan fingerprint density at radius 3 is 2.95 bits per heavy atom. The molecule has 106 valence electrons. The number of nitrogens with zero attached hydrogens (tertiary/aromatic N) is 2. The Morgan fingerprint density at radius 1 is 1.45 bits per heavy atom. The molecule has 0 atom stereocenters. The summed E-state index contributed by atoms with van der Waals surface area (Å²) in [6.07, 6.45) is 1.77. The number of aliphatic imine (C=N–C) groups is 1. The van der Waals surface area contributed by atoms with Crippen molar-refractivity contribution in [2.24, 2.45) is 16.8 Å². The van der Waals surface area contributed by atoms with Gasteiger partial charge in [0.2, 0.25) is 5.96 Å². The second-order valence-electron chi connectivity index (χ2n) is 4.88. The lowest BCUT2D eigenvalue weighted by Gasteiger charge is -2.12. The average Bonchev–Trinajstić information content (AvgIpc) is 2.42. The number of aromatic nitrogens is 1. The van der Waals surface area contributed by atoms with E-state index in [-0.39, 0.29) is 0 Å². The molecule has 0 spiro atoms. The standard InChI is InChI=1S/C14H18BrN5/c1-9(2)7-18-14(20-16)19-12-5-3-4-10-6-11(15)8-17-13(10)12/h3-6,8-9H,7,16H2,1-2H3,(H2,18,19,20). The molecule has 0 bridgehead atoms. The van der Waals surface area contributed by atoms with E-state index in [4.69, 9.17) is 5.84 Å². The molecule has 1 aromatic carbocycles. The van der Waals surface area contributed by atoms with Gasteiger partial charge in [0.25, 0.3) is 0 Å². The third-order valence-corrected chi connectivity index (χ3v) is 3.12. The topological polar surface area (TPSA) is 75.3 Å². The molecule has 2 aromatic rings. The van der Waals surface area contributed by atoms with Crippen molar-refractivity contribution in [1.82, 2.24) is 10.4 Å². The molecule has 0 aliphatic carbocycles. The molecule has 4 N–H and O–H groups in total. The normalized spacial score (nSPS) is 11.9. The van der Waals surface area contributed by atoms with Crippen molar-refractivity contribution >= 4 is 38.5 Å². The molecule has 0 unspecified atom stereocenters. The summed E-state index contributed by atoms with van der Waals surface area (Å²) in [5.74, 6) is 6.52. The molecule has 0 radical (unpaired) electrons. The maximum atomic E-state index is 5.50. The first kappa shape index (κ1) is 14.7. The van der Waals surface area contributed by atoms with Gasteiger partial charge >= 0.3 is 0 Å². The van der Waals surface area contributed by atoms with Crippen LogP contribution in [-0.4, -0.2) is 17.5 Å². The Balaban J connectivity index is 2.31. The number of nitrogens with one attached hydrogen (secondary N) is 2. The number of para-hydroxylation sites is 1. The number of rotatable bonds is 3. The lowest BCUT2D eigenvalue weighted by Crippen LogP contribution is -2.36. The van der Waals surface area contributed by atoms with Gasteiger partial charge in [-0.1, -0.05) is 26.0 Å². The third-order valence-electron chi connectivity index (χ3n) is 2.68. The van der Waals surface area contributed by atoms with Crippen LogP contribution in [-0.2, 0) is 0 Å². The lowest BCUT2D eigenvalue weighted by molar-refractivity contribution is 0.663. The van der Waals surface area contributed by atoms with Crippen LogP contribution in [0, 0.1) is 5.92 Å². The molecule has 0 fully saturated rings. The van der Waals surface area contributed by atoms with Crippen LogP contribution in [0.15, 0.2) is 39.9 Å². The van der Waals surface area contributed by atoms with E-state index in [0.717, 1.165) is 21.1 Å². The summed E-state index contributed by atoms with van der Waals surface area (Å²) in [5, 5.41) is 4.23. The predicted octanol–water partition coefficient (Wildman–Crippen LogP) is 2.88. The van der Waals surface area contributed by atoms with Crippen molar-refractivity contribution in [2.45, 2.75) is 13.8 Å². The fourth-order valence-electron chi connectivity index (χ4n) is 1.76. The number of fused-ring (bicyclic) bond motifs is 1. The van der Waals surface area contributed by atoms with E-state index in [0.29, 0.717) is 18.4 Å². The Kier molecular flexibility index (Phi) is 4.92. The first-order chi connectivity index (χ1) is 9.60. The Hall–Kier alpha value is -1.66. The SMILES string of the molecule is CC(C)CN=C(NN)Nc1cccc2cc(Br)cnc12. The summed E-state index contributed by atoms with van der Waals surface area (Å²) in [6.45, 7) is 4.92. The molecule has 0 saturated carbocycles. The third kappa shape index (κ3) is 3.68. The largest absolute Gasteiger partial charge is 0.323 e. The summed E-state index contributed by atoms with van der Waals surface area (Å²) in [6, 6.07) is 7.95. The second kappa shape index (κ2) is 6.67. The summed E-state index contributed by atoms with van der Waals surface area (Å²) in [4.78, 5) is 8.82. The smallest absolute Gasteiger partial charge is 0.210 e. The Bertz CT molecular complexity index is 624. The molecule has 0 aliphatic rings. The minimum Gasteiger partial charge on any atom is -0.323 e. The average molecular weight is 336 g/mol. The Labute approximate surface area is 126 Å². The van der Waals surface area contributed by atoms with Gasteiger partial charge in [0.05, 0.1) is 11.2 Å². The zero-order valence-corrected chi connectivity index (χ0v) is 13.1. The van der Waals surface area contributed by atoms with Gasteiger partial charge < -0.3 is 5.32 Å². The number of halogens is 1. The summed E-state index contributed by atoms with van der Waals surface area (Å²) >= 11 is 3.42. The van der Waals surface area contributed by atoms with Gasteiger partial charge in [-0.25, -0.2) is 5.84 Å². The number of hydrogen-bond donors (Lipinski definition) is 3. The van der Waals surface area contributed by atoms with Crippen LogP contribution in [0.1, 0.15) is 13.8 Å². The zero-order valence-electron chi connectivity index (χ0n) is 11.5. The van der Waals surface area contributed by atoms with Crippen LogP contribution in [0.25, 0.3) is 10.9 Å². The molecule has 0 saturated heterocycles. The Morgan fingerprint density at radius 2 is 2.25 bits per heavy atom. The molecule has 20 heavy (non-hydrogen) atoms. The summed E-state index contributed by atoms with van der Waals surface area (Å²) in [7, 11) is 0. The molecule has 6 heteroatoms. The van der Waals surface area contributed by atoms with E-state index in [9.17, 15) is 0 Å². The number of nitrogens with two attached hydrogens (primary N) is 1. The van der Waals surface area contributed by atoms with Gasteiger partial charge in [-0.3, -0.25) is 15.4 Å². The monoisotopic (exact) mass is 335 g/mol. The summed E-state index contributed by atoms with van der Waals surface area (Å²) < 4.78 is 0.952. The van der Waals surface area contributed by atoms with Gasteiger partial charge in [-0.15, -0.1) is 0 Å². The van der Waals surface area contributed by atoms with E-state index in [1.54, 1.807) is 6.20 Å². The van der Waals surface area contributed by atoms with Crippen molar-refractivity contribution in [3.63, 3.8) is 0 Å². The van der Waals surface area contributed by atoms with Crippen LogP contribution in [0.3, 0.4) is 0 Å². The van der Waals surface area contributed by atoms with E-state index in [1.807, 2.05) is 24.3 Å². The van der Waals surface area contributed by atoms with Crippen LogP contribution < -0.4 is 16.6 Å². The number of hydrogen-bond acceptors (Lipinski definition) is 3. The molecule has 2 rings (SSSR count). The maximum Gasteiger partial charge on any atom is 0.210 e.